The summed E-state index contributed by atoms with van der Waals surface area (Å²) in [7, 11) is 0. The second-order valence-electron chi connectivity index (χ2n) is 5.26. The Balaban J connectivity index is 2.22. The van der Waals surface area contributed by atoms with E-state index in [-0.39, 0.29) is 27.6 Å². The molecule has 0 bridgehead atoms. The van der Waals surface area contributed by atoms with Gasteiger partial charge >= 0.3 is 0 Å². The summed E-state index contributed by atoms with van der Waals surface area (Å²) >= 11 is 9.47. The number of nitrogens with zero attached hydrogens (tertiary/aromatic N) is 3. The second-order valence-corrected chi connectivity index (χ2v) is 6.46. The SMILES string of the molecule is Cc1nn(C(=O)c2c(-c3c(F)cccc3Cl)noc2C)c(C)c1Br. The van der Waals surface area contributed by atoms with Gasteiger partial charge in [-0.3, -0.25) is 4.79 Å². The highest BCUT2D eigenvalue weighted by atomic mass is 79.9. The van der Waals surface area contributed by atoms with Gasteiger partial charge < -0.3 is 4.52 Å². The fraction of sp³-hybridized carbons (Fsp3) is 0.188. The van der Waals surface area contributed by atoms with Crippen LogP contribution in [0.25, 0.3) is 11.3 Å². The van der Waals surface area contributed by atoms with Crippen molar-refractivity contribution < 1.29 is 13.7 Å². The summed E-state index contributed by atoms with van der Waals surface area (Å²) in [6.45, 7) is 5.11. The molecule has 8 heteroatoms. The minimum atomic E-state index is -0.584. The zero-order valence-electron chi connectivity index (χ0n) is 13.0. The second kappa shape index (κ2) is 6.14. The molecule has 3 aromatic rings. The summed E-state index contributed by atoms with van der Waals surface area (Å²) < 4.78 is 21.3. The summed E-state index contributed by atoms with van der Waals surface area (Å²) in [5.74, 6) is -0.785. The van der Waals surface area contributed by atoms with Crippen molar-refractivity contribution in [3.05, 3.63) is 56.2 Å². The van der Waals surface area contributed by atoms with Gasteiger partial charge in [-0.05, 0) is 48.8 Å². The van der Waals surface area contributed by atoms with Crippen molar-refractivity contribution in [3.63, 3.8) is 0 Å². The molecule has 0 N–H and O–H groups in total. The predicted molar refractivity (Wildman–Crippen MR) is 90.8 cm³/mol. The molecular weight excluding hydrogens is 401 g/mol. The summed E-state index contributed by atoms with van der Waals surface area (Å²) in [6.07, 6.45) is 0. The Morgan fingerprint density at radius 1 is 1.33 bits per heavy atom. The zero-order valence-corrected chi connectivity index (χ0v) is 15.4. The van der Waals surface area contributed by atoms with Gasteiger partial charge in [0.2, 0.25) is 0 Å². The standard InChI is InChI=1S/C16H12BrClFN3O2/c1-7-14(17)8(2)22(20-7)16(23)12-9(3)24-21-15(12)13-10(18)5-4-6-11(13)19/h4-6H,1-3H3. The fourth-order valence-corrected chi connectivity index (χ4v) is 2.95. The summed E-state index contributed by atoms with van der Waals surface area (Å²) in [5.41, 5.74) is 1.51. The molecule has 0 aliphatic rings. The van der Waals surface area contributed by atoms with E-state index in [1.54, 1.807) is 20.8 Å². The Morgan fingerprint density at radius 3 is 2.62 bits per heavy atom. The van der Waals surface area contributed by atoms with Crippen molar-refractivity contribution in [1.82, 2.24) is 14.9 Å². The molecule has 24 heavy (non-hydrogen) atoms. The van der Waals surface area contributed by atoms with Crippen LogP contribution in [-0.4, -0.2) is 20.8 Å². The molecule has 3 rings (SSSR count). The fourth-order valence-electron chi connectivity index (χ4n) is 2.45. The van der Waals surface area contributed by atoms with E-state index >= 15 is 0 Å². The van der Waals surface area contributed by atoms with E-state index < -0.39 is 11.7 Å². The monoisotopic (exact) mass is 411 g/mol. The third kappa shape index (κ3) is 2.57. The first-order valence-electron chi connectivity index (χ1n) is 7.00. The summed E-state index contributed by atoms with van der Waals surface area (Å²) in [4.78, 5) is 12.9. The van der Waals surface area contributed by atoms with Crippen LogP contribution in [0.3, 0.4) is 0 Å². The van der Waals surface area contributed by atoms with Crippen LogP contribution in [0, 0.1) is 26.6 Å². The normalized spacial score (nSPS) is 11.1. The Hall–Kier alpha value is -1.99. The van der Waals surface area contributed by atoms with Crippen molar-refractivity contribution in [2.24, 2.45) is 0 Å². The minimum absolute atomic E-state index is 0.0277. The predicted octanol–water partition coefficient (Wildman–Crippen LogP) is 4.71. The quantitative estimate of drug-likeness (QED) is 0.612. The number of aryl methyl sites for hydroxylation is 2. The van der Waals surface area contributed by atoms with Crippen molar-refractivity contribution in [3.8, 4) is 11.3 Å². The van der Waals surface area contributed by atoms with E-state index in [9.17, 15) is 9.18 Å². The van der Waals surface area contributed by atoms with Crippen molar-refractivity contribution in [1.29, 1.82) is 0 Å². The summed E-state index contributed by atoms with van der Waals surface area (Å²) in [6, 6.07) is 4.26. The van der Waals surface area contributed by atoms with Gasteiger partial charge in [-0.2, -0.15) is 9.78 Å². The summed E-state index contributed by atoms with van der Waals surface area (Å²) in [5, 5.41) is 8.20. The van der Waals surface area contributed by atoms with E-state index in [1.807, 2.05) is 0 Å². The topological polar surface area (TPSA) is 60.9 Å². The first-order chi connectivity index (χ1) is 11.3. The number of carbonyl (C=O) groups excluding carboxylic acids is 1. The molecule has 0 radical (unpaired) electrons. The van der Waals surface area contributed by atoms with Crippen LogP contribution >= 0.6 is 27.5 Å². The third-order valence-corrected chi connectivity index (χ3v) is 5.13. The molecule has 1 aromatic carbocycles. The Bertz CT molecular complexity index is 944. The van der Waals surface area contributed by atoms with Gasteiger partial charge in [0.05, 0.1) is 26.4 Å². The lowest BCUT2D eigenvalue weighted by Crippen LogP contribution is -2.17. The van der Waals surface area contributed by atoms with Crippen LogP contribution < -0.4 is 0 Å². The van der Waals surface area contributed by atoms with E-state index in [1.165, 1.54) is 22.9 Å². The largest absolute Gasteiger partial charge is 0.360 e. The smallest absolute Gasteiger partial charge is 0.284 e. The average molecular weight is 413 g/mol. The molecule has 0 saturated carbocycles. The highest BCUT2D eigenvalue weighted by Gasteiger charge is 2.28. The maximum Gasteiger partial charge on any atom is 0.284 e. The first kappa shape index (κ1) is 16.9. The van der Waals surface area contributed by atoms with Crippen molar-refractivity contribution >= 4 is 33.4 Å². The molecule has 0 aliphatic heterocycles. The zero-order chi connectivity index (χ0) is 17.6. The lowest BCUT2D eigenvalue weighted by Gasteiger charge is -2.06. The number of aromatic nitrogens is 3. The van der Waals surface area contributed by atoms with Crippen LogP contribution in [0.1, 0.15) is 27.5 Å². The Labute approximate surface area is 150 Å². The van der Waals surface area contributed by atoms with Gasteiger partial charge in [-0.15, -0.1) is 0 Å². The van der Waals surface area contributed by atoms with Crippen LogP contribution in [0.4, 0.5) is 4.39 Å². The number of benzene rings is 1. The first-order valence-corrected chi connectivity index (χ1v) is 8.17. The van der Waals surface area contributed by atoms with Crippen LogP contribution in [0.15, 0.2) is 27.2 Å². The lowest BCUT2D eigenvalue weighted by atomic mass is 10.0. The van der Waals surface area contributed by atoms with Crippen molar-refractivity contribution in [2.75, 3.05) is 0 Å². The van der Waals surface area contributed by atoms with Gasteiger partial charge in [0.25, 0.3) is 5.91 Å². The van der Waals surface area contributed by atoms with E-state index in [0.29, 0.717) is 11.4 Å². The van der Waals surface area contributed by atoms with Gasteiger partial charge in [-0.1, -0.05) is 22.8 Å². The third-order valence-electron chi connectivity index (χ3n) is 3.67. The van der Waals surface area contributed by atoms with E-state index in [4.69, 9.17) is 16.1 Å². The molecule has 0 fully saturated rings. The Morgan fingerprint density at radius 2 is 2.04 bits per heavy atom. The molecule has 0 aliphatic carbocycles. The average Bonchev–Trinajstić information content (AvgIpc) is 3.02. The molecule has 5 nitrogen and oxygen atoms in total. The van der Waals surface area contributed by atoms with Crippen LogP contribution in [0.5, 0.6) is 0 Å². The van der Waals surface area contributed by atoms with Crippen molar-refractivity contribution in [2.45, 2.75) is 20.8 Å². The van der Waals surface area contributed by atoms with Gasteiger partial charge in [0.1, 0.15) is 22.8 Å². The molecule has 0 unspecified atom stereocenters. The molecule has 0 atom stereocenters. The van der Waals surface area contributed by atoms with Gasteiger partial charge in [0, 0.05) is 0 Å². The number of carbonyl (C=O) groups is 1. The number of halogens is 3. The maximum absolute atomic E-state index is 14.2. The van der Waals surface area contributed by atoms with E-state index in [0.717, 1.165) is 4.47 Å². The molecule has 2 heterocycles. The minimum Gasteiger partial charge on any atom is -0.360 e. The van der Waals surface area contributed by atoms with Crippen LogP contribution in [0.2, 0.25) is 5.02 Å². The molecule has 0 spiro atoms. The van der Waals surface area contributed by atoms with Crippen LogP contribution in [-0.2, 0) is 0 Å². The number of hydrogen-bond acceptors (Lipinski definition) is 4. The van der Waals surface area contributed by atoms with Gasteiger partial charge in [-0.25, -0.2) is 4.39 Å². The Kier molecular flexibility index (Phi) is 4.31. The molecule has 0 amide bonds. The molecule has 2 aromatic heterocycles. The lowest BCUT2D eigenvalue weighted by molar-refractivity contribution is 0.0941. The highest BCUT2D eigenvalue weighted by Crippen LogP contribution is 2.34. The maximum atomic E-state index is 14.2. The van der Waals surface area contributed by atoms with E-state index in [2.05, 4.69) is 26.2 Å². The molecule has 0 saturated heterocycles. The molecular formula is C16H12BrClFN3O2. The highest BCUT2D eigenvalue weighted by molar-refractivity contribution is 9.10. The van der Waals surface area contributed by atoms with Gasteiger partial charge in [0.15, 0.2) is 0 Å². The number of hydrogen-bond donors (Lipinski definition) is 0. The molecule has 124 valence electrons. The number of rotatable bonds is 2.